The average molecular weight is 376 g/mol. The van der Waals surface area contributed by atoms with Crippen LogP contribution in [0.2, 0.25) is 0 Å². The van der Waals surface area contributed by atoms with Gasteiger partial charge in [0.05, 0.1) is 11.3 Å². The first-order valence-corrected chi connectivity index (χ1v) is 8.01. The van der Waals surface area contributed by atoms with Crippen molar-refractivity contribution in [2.75, 3.05) is 18.9 Å². The number of carbonyl (C=O) groups excluding carboxylic acids is 1. The van der Waals surface area contributed by atoms with E-state index in [1.807, 2.05) is 19.1 Å². The lowest BCUT2D eigenvalue weighted by molar-refractivity contribution is -0.137. The molecule has 142 valence electrons. The molecular formula is C19H19F3N4O. The second-order valence-corrected chi connectivity index (χ2v) is 5.94. The minimum atomic E-state index is -4.45. The lowest BCUT2D eigenvalue weighted by atomic mass is 10.1. The smallest absolute Gasteiger partial charge is 0.324 e. The Morgan fingerprint density at radius 2 is 1.85 bits per heavy atom. The summed E-state index contributed by atoms with van der Waals surface area (Å²) in [6.07, 6.45) is -4.45. The number of hydrogen-bond donors (Lipinski definition) is 1. The van der Waals surface area contributed by atoms with Crippen molar-refractivity contribution in [2.24, 2.45) is 10.3 Å². The van der Waals surface area contributed by atoms with E-state index < -0.39 is 11.7 Å². The summed E-state index contributed by atoms with van der Waals surface area (Å²) in [4.78, 5) is 12.0. The lowest BCUT2D eigenvalue weighted by Gasteiger charge is -2.12. The third kappa shape index (κ3) is 6.25. The Morgan fingerprint density at radius 3 is 2.48 bits per heavy atom. The normalized spacial score (nSPS) is 11.4. The molecule has 2 aromatic rings. The van der Waals surface area contributed by atoms with E-state index in [0.717, 1.165) is 17.7 Å². The van der Waals surface area contributed by atoms with E-state index in [1.165, 1.54) is 24.2 Å². The maximum Gasteiger partial charge on any atom is 0.416 e. The van der Waals surface area contributed by atoms with Gasteiger partial charge < -0.3 is 5.32 Å². The predicted octanol–water partition coefficient (Wildman–Crippen LogP) is 4.92. The van der Waals surface area contributed by atoms with Crippen LogP contribution in [0.1, 0.15) is 16.7 Å². The Kier molecular flexibility index (Phi) is 6.33. The standard InChI is InChI=1S/C19H19F3N4O/c1-13-7-9-17(10-8-13)23-18(27)12-26(3)25-24-14(2)15-5-4-6-16(11-15)19(20,21)22/h4-11H,2,12H2,1,3H3,(H,23,27). The minimum absolute atomic E-state index is 0.0619. The zero-order chi connectivity index (χ0) is 20.0. The molecule has 0 aliphatic carbocycles. The maximum atomic E-state index is 12.8. The Balaban J connectivity index is 1.93. The van der Waals surface area contributed by atoms with E-state index >= 15 is 0 Å². The highest BCUT2D eigenvalue weighted by Crippen LogP contribution is 2.30. The van der Waals surface area contributed by atoms with Crippen LogP contribution in [0.5, 0.6) is 0 Å². The molecule has 5 nitrogen and oxygen atoms in total. The first-order chi connectivity index (χ1) is 12.6. The summed E-state index contributed by atoms with van der Waals surface area (Å²) < 4.78 is 38.3. The molecule has 0 aliphatic rings. The van der Waals surface area contributed by atoms with Crippen LogP contribution in [0.15, 0.2) is 65.4 Å². The van der Waals surface area contributed by atoms with Gasteiger partial charge in [0.25, 0.3) is 0 Å². The third-order valence-corrected chi connectivity index (χ3v) is 3.55. The van der Waals surface area contributed by atoms with Crippen molar-refractivity contribution < 1.29 is 18.0 Å². The fourth-order valence-corrected chi connectivity index (χ4v) is 2.14. The molecule has 0 heterocycles. The zero-order valence-corrected chi connectivity index (χ0v) is 14.9. The molecule has 0 saturated heterocycles. The van der Waals surface area contributed by atoms with Crippen molar-refractivity contribution in [1.29, 1.82) is 0 Å². The number of aryl methyl sites for hydroxylation is 1. The number of nitrogens with zero attached hydrogens (tertiary/aromatic N) is 3. The molecule has 8 heteroatoms. The van der Waals surface area contributed by atoms with Gasteiger partial charge in [0.15, 0.2) is 0 Å². The van der Waals surface area contributed by atoms with Gasteiger partial charge in [-0.1, -0.05) is 41.6 Å². The molecule has 0 atom stereocenters. The first-order valence-electron chi connectivity index (χ1n) is 8.01. The SMILES string of the molecule is C=C(N=NN(C)CC(=O)Nc1ccc(C)cc1)c1cccc(C(F)(F)F)c1. The number of anilines is 1. The van der Waals surface area contributed by atoms with E-state index in [1.54, 1.807) is 12.1 Å². The molecule has 0 saturated carbocycles. The highest BCUT2D eigenvalue weighted by atomic mass is 19.4. The third-order valence-electron chi connectivity index (χ3n) is 3.55. The fraction of sp³-hybridized carbons (Fsp3) is 0.211. The lowest BCUT2D eigenvalue weighted by Crippen LogP contribution is -2.26. The number of alkyl halides is 3. The molecule has 0 fully saturated rings. The second-order valence-electron chi connectivity index (χ2n) is 5.94. The van der Waals surface area contributed by atoms with Gasteiger partial charge in [-0.15, -0.1) is 5.11 Å². The number of hydrogen-bond acceptors (Lipinski definition) is 3. The highest BCUT2D eigenvalue weighted by molar-refractivity contribution is 5.92. The number of halogens is 3. The highest BCUT2D eigenvalue weighted by Gasteiger charge is 2.30. The van der Waals surface area contributed by atoms with Crippen molar-refractivity contribution in [1.82, 2.24) is 5.01 Å². The topological polar surface area (TPSA) is 57.1 Å². The summed E-state index contributed by atoms with van der Waals surface area (Å²) in [5, 5.41) is 11.6. The van der Waals surface area contributed by atoms with Crippen molar-refractivity contribution in [2.45, 2.75) is 13.1 Å². The number of amides is 1. The Bertz CT molecular complexity index is 845. The Hall–Kier alpha value is -3.16. The molecule has 2 rings (SSSR count). The van der Waals surface area contributed by atoms with Crippen LogP contribution >= 0.6 is 0 Å². The molecule has 0 aliphatic heterocycles. The molecule has 0 spiro atoms. The van der Waals surface area contributed by atoms with Crippen molar-refractivity contribution in [3.63, 3.8) is 0 Å². The molecular weight excluding hydrogens is 357 g/mol. The Labute approximate surface area is 155 Å². The number of benzene rings is 2. The summed E-state index contributed by atoms with van der Waals surface area (Å²) in [7, 11) is 1.53. The van der Waals surface area contributed by atoms with E-state index in [-0.39, 0.29) is 23.7 Å². The van der Waals surface area contributed by atoms with E-state index in [9.17, 15) is 18.0 Å². The summed E-state index contributed by atoms with van der Waals surface area (Å²) in [5.74, 6) is -0.301. The van der Waals surface area contributed by atoms with Crippen molar-refractivity contribution in [3.8, 4) is 0 Å². The van der Waals surface area contributed by atoms with Crippen LogP contribution in [-0.4, -0.2) is 24.5 Å². The first kappa shape index (κ1) is 20.2. The second kappa shape index (κ2) is 8.48. The van der Waals surface area contributed by atoms with Gasteiger partial charge in [0.2, 0.25) is 5.91 Å². The molecule has 0 radical (unpaired) electrons. The molecule has 27 heavy (non-hydrogen) atoms. The van der Waals surface area contributed by atoms with Crippen molar-refractivity contribution >= 4 is 17.3 Å². The fourth-order valence-electron chi connectivity index (χ4n) is 2.14. The van der Waals surface area contributed by atoms with Gasteiger partial charge in [0.1, 0.15) is 6.54 Å². The molecule has 0 aromatic heterocycles. The number of nitrogens with one attached hydrogen (secondary N) is 1. The molecule has 0 bridgehead atoms. The zero-order valence-electron chi connectivity index (χ0n) is 14.9. The van der Waals surface area contributed by atoms with Gasteiger partial charge in [0, 0.05) is 18.3 Å². The van der Waals surface area contributed by atoms with Gasteiger partial charge in [-0.25, -0.2) is 0 Å². The number of rotatable bonds is 6. The number of carbonyl (C=O) groups is 1. The molecule has 2 aromatic carbocycles. The Morgan fingerprint density at radius 1 is 1.19 bits per heavy atom. The van der Waals surface area contributed by atoms with Gasteiger partial charge in [-0.05, 0) is 31.2 Å². The average Bonchev–Trinajstić information content (AvgIpc) is 2.61. The summed E-state index contributed by atoms with van der Waals surface area (Å²) in [6, 6.07) is 12.0. The minimum Gasteiger partial charge on any atom is -0.324 e. The quantitative estimate of drug-likeness (QED) is 0.575. The summed E-state index contributed by atoms with van der Waals surface area (Å²) in [5.41, 5.74) is 1.21. The molecule has 1 amide bonds. The van der Waals surface area contributed by atoms with Crippen LogP contribution in [0.3, 0.4) is 0 Å². The van der Waals surface area contributed by atoms with Crippen LogP contribution in [-0.2, 0) is 11.0 Å². The van der Waals surface area contributed by atoms with Crippen LogP contribution in [0.4, 0.5) is 18.9 Å². The van der Waals surface area contributed by atoms with Gasteiger partial charge in [-0.2, -0.15) is 13.2 Å². The van der Waals surface area contributed by atoms with E-state index in [4.69, 9.17) is 0 Å². The van der Waals surface area contributed by atoms with E-state index in [0.29, 0.717) is 5.69 Å². The summed E-state index contributed by atoms with van der Waals surface area (Å²) in [6.45, 7) is 5.49. The predicted molar refractivity (Wildman–Crippen MR) is 97.8 cm³/mol. The van der Waals surface area contributed by atoms with Crippen LogP contribution in [0.25, 0.3) is 5.70 Å². The largest absolute Gasteiger partial charge is 0.416 e. The van der Waals surface area contributed by atoms with Crippen molar-refractivity contribution in [3.05, 3.63) is 71.8 Å². The monoisotopic (exact) mass is 376 g/mol. The molecule has 0 unspecified atom stereocenters. The maximum absolute atomic E-state index is 12.8. The van der Waals surface area contributed by atoms with Gasteiger partial charge in [-0.3, -0.25) is 9.80 Å². The van der Waals surface area contributed by atoms with Crippen LogP contribution < -0.4 is 5.32 Å². The van der Waals surface area contributed by atoms with E-state index in [2.05, 4.69) is 22.2 Å². The summed E-state index contributed by atoms with van der Waals surface area (Å²) >= 11 is 0. The van der Waals surface area contributed by atoms with Crippen LogP contribution in [0, 0.1) is 6.92 Å². The van der Waals surface area contributed by atoms with Gasteiger partial charge >= 0.3 is 6.18 Å². The number of likely N-dealkylation sites (N-methyl/N-ethyl adjacent to an activating group) is 1. The molecule has 1 N–H and O–H groups in total.